The number of halogens is 2. The predicted molar refractivity (Wildman–Crippen MR) is 77.1 cm³/mol. The second kappa shape index (κ2) is 8.29. The van der Waals surface area contributed by atoms with Crippen molar-refractivity contribution in [1.82, 2.24) is 0 Å². The van der Waals surface area contributed by atoms with Crippen LogP contribution in [0.4, 0.5) is 8.78 Å². The van der Waals surface area contributed by atoms with Crippen LogP contribution in [0.15, 0.2) is 18.2 Å². The normalized spacial score (nSPS) is 14.4. The SMILES string of the molecule is CCCC(CC)CCC(C)Cc1ccc(F)cc1F. The van der Waals surface area contributed by atoms with Crippen molar-refractivity contribution in [1.29, 1.82) is 0 Å². The molecule has 0 saturated heterocycles. The fraction of sp³-hybridized carbons (Fsp3) is 0.647. The van der Waals surface area contributed by atoms with Crippen molar-refractivity contribution in [2.45, 2.75) is 59.3 Å². The largest absolute Gasteiger partial charge is 0.207 e. The molecule has 0 spiro atoms. The van der Waals surface area contributed by atoms with Crippen LogP contribution in [0.5, 0.6) is 0 Å². The average Bonchev–Trinajstić information content (AvgIpc) is 2.38. The molecule has 1 aromatic carbocycles. The summed E-state index contributed by atoms with van der Waals surface area (Å²) in [6.07, 6.45) is 6.79. The van der Waals surface area contributed by atoms with Crippen LogP contribution in [0.3, 0.4) is 0 Å². The van der Waals surface area contributed by atoms with Crippen molar-refractivity contribution >= 4 is 0 Å². The summed E-state index contributed by atoms with van der Waals surface area (Å²) in [5.74, 6) is 0.340. The van der Waals surface area contributed by atoms with Gasteiger partial charge in [0, 0.05) is 6.07 Å². The van der Waals surface area contributed by atoms with Crippen molar-refractivity contribution in [2.75, 3.05) is 0 Å². The maximum Gasteiger partial charge on any atom is 0.129 e. The first-order chi connectivity index (χ1) is 9.06. The maximum atomic E-state index is 13.6. The van der Waals surface area contributed by atoms with E-state index in [4.69, 9.17) is 0 Å². The van der Waals surface area contributed by atoms with Crippen LogP contribution in [-0.2, 0) is 6.42 Å². The third kappa shape index (κ3) is 5.71. The Hall–Kier alpha value is -0.920. The Balaban J connectivity index is 2.44. The molecule has 0 N–H and O–H groups in total. The summed E-state index contributed by atoms with van der Waals surface area (Å²) in [5.41, 5.74) is 0.637. The van der Waals surface area contributed by atoms with Crippen LogP contribution in [0, 0.1) is 23.5 Å². The smallest absolute Gasteiger partial charge is 0.129 e. The Kier molecular flexibility index (Phi) is 7.04. The van der Waals surface area contributed by atoms with E-state index >= 15 is 0 Å². The zero-order valence-corrected chi connectivity index (χ0v) is 12.4. The Bertz CT molecular complexity index is 374. The maximum absolute atomic E-state index is 13.6. The lowest BCUT2D eigenvalue weighted by Gasteiger charge is -2.17. The van der Waals surface area contributed by atoms with Gasteiger partial charge in [-0.2, -0.15) is 0 Å². The highest BCUT2D eigenvalue weighted by Crippen LogP contribution is 2.23. The molecule has 0 heterocycles. The van der Waals surface area contributed by atoms with E-state index < -0.39 is 11.6 Å². The molecule has 0 bridgehead atoms. The van der Waals surface area contributed by atoms with Gasteiger partial charge in [0.15, 0.2) is 0 Å². The third-order valence-electron chi connectivity index (χ3n) is 3.93. The molecular formula is C17H26F2. The standard InChI is InChI=1S/C17H26F2/c1-4-6-14(5-2)8-7-13(3)11-15-9-10-16(18)12-17(15)19/h9-10,12-14H,4-8,11H2,1-3H3. The Morgan fingerprint density at radius 2 is 1.79 bits per heavy atom. The van der Waals surface area contributed by atoms with Crippen LogP contribution in [-0.4, -0.2) is 0 Å². The number of rotatable bonds is 8. The van der Waals surface area contributed by atoms with Gasteiger partial charge in [0.1, 0.15) is 11.6 Å². The highest BCUT2D eigenvalue weighted by Gasteiger charge is 2.11. The summed E-state index contributed by atoms with van der Waals surface area (Å²) in [6, 6.07) is 3.90. The molecule has 0 fully saturated rings. The van der Waals surface area contributed by atoms with Gasteiger partial charge in [-0.25, -0.2) is 8.78 Å². The van der Waals surface area contributed by atoms with E-state index in [2.05, 4.69) is 20.8 Å². The lowest BCUT2D eigenvalue weighted by molar-refractivity contribution is 0.374. The highest BCUT2D eigenvalue weighted by molar-refractivity contribution is 5.18. The molecule has 0 saturated carbocycles. The molecule has 2 atom stereocenters. The van der Waals surface area contributed by atoms with Crippen LogP contribution in [0.1, 0.15) is 58.4 Å². The van der Waals surface area contributed by atoms with Crippen LogP contribution >= 0.6 is 0 Å². The summed E-state index contributed by atoms with van der Waals surface area (Å²) in [4.78, 5) is 0. The Morgan fingerprint density at radius 3 is 2.37 bits per heavy atom. The first-order valence-corrected chi connectivity index (χ1v) is 7.50. The number of benzene rings is 1. The Labute approximate surface area is 116 Å². The molecule has 2 unspecified atom stereocenters. The minimum atomic E-state index is -0.497. The van der Waals surface area contributed by atoms with E-state index in [0.29, 0.717) is 17.9 Å². The lowest BCUT2D eigenvalue weighted by atomic mass is 9.89. The lowest BCUT2D eigenvalue weighted by Crippen LogP contribution is -2.06. The predicted octanol–water partition coefficient (Wildman–Crippen LogP) is 5.75. The summed E-state index contributed by atoms with van der Waals surface area (Å²) in [7, 11) is 0. The molecule has 2 heteroatoms. The van der Waals surface area contributed by atoms with E-state index in [1.54, 1.807) is 6.07 Å². The van der Waals surface area contributed by atoms with Crippen LogP contribution in [0.25, 0.3) is 0 Å². The molecule has 0 amide bonds. The van der Waals surface area contributed by atoms with E-state index in [0.717, 1.165) is 18.4 Å². The van der Waals surface area contributed by atoms with Gasteiger partial charge in [0.2, 0.25) is 0 Å². The zero-order chi connectivity index (χ0) is 14.3. The monoisotopic (exact) mass is 268 g/mol. The van der Waals surface area contributed by atoms with Gasteiger partial charge in [-0.05, 0) is 29.9 Å². The zero-order valence-electron chi connectivity index (χ0n) is 12.4. The second-order valence-electron chi connectivity index (χ2n) is 5.69. The molecule has 0 aliphatic rings. The van der Waals surface area contributed by atoms with Gasteiger partial charge >= 0.3 is 0 Å². The highest BCUT2D eigenvalue weighted by atomic mass is 19.1. The summed E-state index contributed by atoms with van der Waals surface area (Å²) in [5, 5.41) is 0. The minimum absolute atomic E-state index is 0.410. The molecule has 19 heavy (non-hydrogen) atoms. The fourth-order valence-corrected chi connectivity index (χ4v) is 2.65. The number of hydrogen-bond donors (Lipinski definition) is 0. The summed E-state index contributed by atoms with van der Waals surface area (Å²) >= 11 is 0. The first kappa shape index (κ1) is 16.1. The van der Waals surface area contributed by atoms with Crippen molar-refractivity contribution in [3.05, 3.63) is 35.4 Å². The third-order valence-corrected chi connectivity index (χ3v) is 3.93. The molecule has 0 radical (unpaired) electrons. The van der Waals surface area contributed by atoms with Gasteiger partial charge in [-0.15, -0.1) is 0 Å². The fourth-order valence-electron chi connectivity index (χ4n) is 2.65. The minimum Gasteiger partial charge on any atom is -0.207 e. The van der Waals surface area contributed by atoms with Gasteiger partial charge in [-0.1, -0.05) is 58.9 Å². The molecule has 0 aliphatic carbocycles. The topological polar surface area (TPSA) is 0 Å². The van der Waals surface area contributed by atoms with Crippen LogP contribution in [0.2, 0.25) is 0 Å². The van der Waals surface area contributed by atoms with E-state index in [-0.39, 0.29) is 0 Å². The second-order valence-corrected chi connectivity index (χ2v) is 5.69. The molecule has 108 valence electrons. The molecule has 0 nitrogen and oxygen atoms in total. The van der Waals surface area contributed by atoms with Crippen molar-refractivity contribution in [2.24, 2.45) is 11.8 Å². The number of hydrogen-bond acceptors (Lipinski definition) is 0. The summed E-state index contributed by atoms with van der Waals surface area (Å²) in [6.45, 7) is 6.62. The van der Waals surface area contributed by atoms with Crippen LogP contribution < -0.4 is 0 Å². The van der Waals surface area contributed by atoms with Gasteiger partial charge < -0.3 is 0 Å². The molecule has 1 rings (SSSR count). The Morgan fingerprint density at radius 1 is 1.05 bits per heavy atom. The van der Waals surface area contributed by atoms with E-state index in [1.165, 1.54) is 31.7 Å². The van der Waals surface area contributed by atoms with Gasteiger partial charge in [-0.3, -0.25) is 0 Å². The molecule has 0 aliphatic heterocycles. The van der Waals surface area contributed by atoms with E-state index in [9.17, 15) is 8.78 Å². The molecular weight excluding hydrogens is 242 g/mol. The van der Waals surface area contributed by atoms with Crippen molar-refractivity contribution < 1.29 is 8.78 Å². The van der Waals surface area contributed by atoms with Gasteiger partial charge in [0.05, 0.1) is 0 Å². The van der Waals surface area contributed by atoms with Gasteiger partial charge in [0.25, 0.3) is 0 Å². The molecule has 0 aromatic heterocycles. The summed E-state index contributed by atoms with van der Waals surface area (Å²) < 4.78 is 26.4. The van der Waals surface area contributed by atoms with E-state index in [1.807, 2.05) is 0 Å². The molecule has 1 aromatic rings. The quantitative estimate of drug-likeness (QED) is 0.563. The van der Waals surface area contributed by atoms with Crippen molar-refractivity contribution in [3.63, 3.8) is 0 Å². The average molecular weight is 268 g/mol. The first-order valence-electron chi connectivity index (χ1n) is 7.50. The van der Waals surface area contributed by atoms with Crippen molar-refractivity contribution in [3.8, 4) is 0 Å².